The third-order valence-electron chi connectivity index (χ3n) is 15.4. The van der Waals surface area contributed by atoms with Crippen molar-refractivity contribution in [3.63, 3.8) is 0 Å². The number of imide groups is 3. The number of carbonyl (C=O) groups is 11. The van der Waals surface area contributed by atoms with E-state index < -0.39 is 95.8 Å². The lowest BCUT2D eigenvalue weighted by atomic mass is 10.0. The Morgan fingerprint density at radius 3 is 1.19 bits per heavy atom. The summed E-state index contributed by atoms with van der Waals surface area (Å²) in [5.41, 5.74) is 8.65. The molecule has 106 heavy (non-hydrogen) atoms. The number of cyclic esters (lactones) is 3. The number of hydrogen-bond donors (Lipinski definition) is 7. The summed E-state index contributed by atoms with van der Waals surface area (Å²) in [6, 6.07) is 20.4. The molecule has 6 heterocycles. The number of carbonyl (C=O) groups excluding carboxylic acids is 11. The molecule has 7 atom stereocenters. The van der Waals surface area contributed by atoms with E-state index >= 15 is 0 Å². The minimum Gasteiger partial charge on any atom is -0.444 e. The van der Waals surface area contributed by atoms with Crippen molar-refractivity contribution in [1.82, 2.24) is 41.3 Å². The largest absolute Gasteiger partial charge is 0.444 e. The average molecular weight is 1600 g/mol. The van der Waals surface area contributed by atoms with Gasteiger partial charge in [0.05, 0.1) is 41.9 Å². The first kappa shape index (κ1) is 87.9. The Kier molecular flexibility index (Phi) is 39.6. The SMILES string of the molecule is C#CCCOCCCNC(=O)OC(C)(C)C.CC(C)(C)OC(=O)NCCCOCCC#Cc1ccc([C@H]2CN(C3CCC(=O)NC3=O)C(=O)O2)cc1.N=S.NCCCOCCC#Cc1ccc([C@H]2CN(C3CCC(=O)NC3=O)C(=O)O2)cc1.O=C1CCC(N2C[C@H](c3ccc(Br)cc3)OC2=O)C(=O)N1.[2H]S.[3H]P. The molecule has 8 N–H and O–H groups in total. The summed E-state index contributed by atoms with van der Waals surface area (Å²) in [5, 5.41) is 12.1. The highest BCUT2D eigenvalue weighted by molar-refractivity contribution is 9.10. The van der Waals surface area contributed by atoms with Crippen LogP contribution in [0.3, 0.4) is 0 Å². The molecule has 6 saturated heterocycles. The molecule has 4 unspecified atom stereocenters. The number of terminal acetylenes is 1. The monoisotopic (exact) mass is 1600 g/mol. The van der Waals surface area contributed by atoms with Crippen LogP contribution < -0.4 is 32.3 Å². The zero-order chi connectivity index (χ0) is 80.2. The number of nitrogens with zero attached hydrogens (tertiary/aromatic N) is 3. The van der Waals surface area contributed by atoms with Crippen LogP contribution in [0.1, 0.15) is 165 Å². The van der Waals surface area contributed by atoms with Crippen LogP contribution in [-0.4, -0.2) is 191 Å². The van der Waals surface area contributed by atoms with Crippen LogP contribution in [-0.2, 0) is 79.1 Å². The molecular formula is C73H98BrN10O19PS2. The number of alkyl carbamates (subject to hydrolysis) is 2. The number of piperidine rings is 3. The van der Waals surface area contributed by atoms with E-state index in [1.165, 1.54) is 14.7 Å². The maximum Gasteiger partial charge on any atom is 0.411 e. The molecule has 33 heteroatoms. The molecule has 6 fully saturated rings. The topological polar surface area (TPSA) is 381 Å². The van der Waals surface area contributed by atoms with E-state index in [0.29, 0.717) is 111 Å². The summed E-state index contributed by atoms with van der Waals surface area (Å²) in [5.74, 6) is 12.5. The van der Waals surface area contributed by atoms with Gasteiger partial charge in [0.2, 0.25) is 35.4 Å². The van der Waals surface area contributed by atoms with Crippen LogP contribution in [0.4, 0.5) is 24.0 Å². The highest BCUT2D eigenvalue weighted by atomic mass is 79.9. The zero-order valence-electron chi connectivity index (χ0n) is 62.4. The molecule has 0 aromatic heterocycles. The molecule has 9 rings (SSSR count). The first-order chi connectivity index (χ1) is 51.7. The molecule has 3 aromatic carbocycles. The molecular weight excluding hydrogens is 1500 g/mol. The summed E-state index contributed by atoms with van der Waals surface area (Å²) in [4.78, 5) is 133. The third-order valence-corrected chi connectivity index (χ3v) is 16.0. The molecule has 0 bridgehead atoms. The highest BCUT2D eigenvalue weighted by Crippen LogP contribution is 2.33. The van der Waals surface area contributed by atoms with Crippen molar-refractivity contribution in [2.24, 2.45) is 5.73 Å². The molecule has 11 amide bonds. The Labute approximate surface area is 645 Å². The van der Waals surface area contributed by atoms with Gasteiger partial charge in [-0.3, -0.25) is 59.4 Å². The molecule has 0 spiro atoms. The fourth-order valence-electron chi connectivity index (χ4n) is 10.5. The van der Waals surface area contributed by atoms with Crippen LogP contribution >= 0.6 is 39.2 Å². The van der Waals surface area contributed by atoms with Crippen LogP contribution in [0.5, 0.6) is 0 Å². The highest BCUT2D eigenvalue weighted by Gasteiger charge is 2.45. The lowest BCUT2D eigenvalue weighted by Crippen LogP contribution is -2.52. The van der Waals surface area contributed by atoms with Crippen molar-refractivity contribution in [3.8, 4) is 36.0 Å². The van der Waals surface area contributed by atoms with Gasteiger partial charge in [-0.2, -0.15) is 23.2 Å². The quantitative estimate of drug-likeness (QED) is 0.0156. The Morgan fingerprint density at radius 1 is 0.575 bits per heavy atom. The normalized spacial score (nSPS) is 19.4. The molecule has 6 aliphatic rings. The van der Waals surface area contributed by atoms with E-state index in [2.05, 4.69) is 97.9 Å². The molecule has 0 aliphatic carbocycles. The second-order valence-corrected chi connectivity index (χ2v) is 26.8. The number of rotatable bonds is 23. The zero-order valence-corrected chi connectivity index (χ0v) is 64.9. The Hall–Kier alpha value is -8.77. The minimum atomic E-state index is -0.686. The van der Waals surface area contributed by atoms with Gasteiger partial charge in [-0.05, 0) is 140 Å². The lowest BCUT2D eigenvalue weighted by molar-refractivity contribution is -0.138. The third kappa shape index (κ3) is 32.9. The second-order valence-electron chi connectivity index (χ2n) is 25.9. The number of amides is 11. The lowest BCUT2D eigenvalue weighted by Gasteiger charge is -2.27. The molecule has 3 aromatic rings. The number of nitrogens with one attached hydrogen (secondary N) is 6. The predicted octanol–water partition coefficient (Wildman–Crippen LogP) is 7.91. The van der Waals surface area contributed by atoms with E-state index in [1.807, 2.05) is 114 Å². The van der Waals surface area contributed by atoms with Crippen LogP contribution in [0, 0.1) is 40.8 Å². The fraction of sp³-hybridized carbons (Fsp3) is 0.521. The Morgan fingerprint density at radius 2 is 0.887 bits per heavy atom. The van der Waals surface area contributed by atoms with Gasteiger partial charge in [-0.15, -0.1) is 12.3 Å². The van der Waals surface area contributed by atoms with Crippen molar-refractivity contribution in [2.45, 2.75) is 166 Å². The van der Waals surface area contributed by atoms with Crippen LogP contribution in [0.25, 0.3) is 0 Å². The van der Waals surface area contributed by atoms with Crippen molar-refractivity contribution >= 4 is 118 Å². The molecule has 578 valence electrons. The standard InChI is InChI=1S/C26H33N3O7.C21H25N3O5.C14H13BrN2O4.C12H21NO3.HNS.H3P.H2S/c1-26(2,3)36-24(32)27-14-6-16-34-15-5-4-7-18-8-10-19(11-9-18)21-17-29(25(33)35-21)20-12-13-22(30)28-23(20)31;22-11-3-13-28-12-2-1-4-15-5-7-16(8-6-15)18-14-24(21(27)29-18)17-9-10-19(25)23-20(17)26;15-9-3-1-8(2-4-9)11-7-17(14(20)21-11)10-5-6-12(18)16-13(10)19;1-5-6-9-15-10-7-8-13-11(14)16-12(2,3)4;1-2;;/h8-11,20-21H,5-6,12-17H2,1-3H3,(H,27,32)(H,28,30,31);5-8,17-18H,2-3,9-14,22H2,(H,23,25,26);1-4,10-11H,5-7H2,(H,16,18,19);1H,6-10H2,2-4H3,(H,13,14);1H;1H3;1H2/t20?,21-;17?,18-;10?,11-;;;;/m111..../s1/i;;;;;1T;/hD. The maximum absolute atomic E-state index is 12.3. The predicted molar refractivity (Wildman–Crippen MR) is 405 cm³/mol. The summed E-state index contributed by atoms with van der Waals surface area (Å²) < 4.78 is 60.0. The first-order valence-electron chi connectivity index (χ1n) is 35.1. The van der Waals surface area contributed by atoms with Crippen LogP contribution in [0.15, 0.2) is 77.3 Å². The van der Waals surface area contributed by atoms with E-state index in [4.69, 9.17) is 57.2 Å². The number of nitrogens with two attached hydrogens (primary N) is 1. The van der Waals surface area contributed by atoms with Gasteiger partial charge < -0.3 is 54.3 Å². The van der Waals surface area contributed by atoms with Gasteiger partial charge >= 0.3 is 30.5 Å². The van der Waals surface area contributed by atoms with Gasteiger partial charge in [0, 0.05) is 99.5 Å². The molecule has 0 saturated carbocycles. The van der Waals surface area contributed by atoms with Gasteiger partial charge in [-0.25, -0.2) is 28.8 Å². The van der Waals surface area contributed by atoms with E-state index in [-0.39, 0.29) is 50.1 Å². The number of hydrogen-bond acceptors (Lipinski definition) is 22. The molecule has 0 radical (unpaired) electrons. The number of ether oxygens (including phenoxy) is 8. The summed E-state index contributed by atoms with van der Waals surface area (Å²) in [7, 11) is 1.67. The number of benzene rings is 3. The fourth-order valence-corrected chi connectivity index (χ4v) is 10.7. The van der Waals surface area contributed by atoms with Gasteiger partial charge in [0.25, 0.3) is 0 Å². The summed E-state index contributed by atoms with van der Waals surface area (Å²) >= 11 is 9.46. The van der Waals surface area contributed by atoms with E-state index in [1.54, 1.807) is 9.84 Å². The van der Waals surface area contributed by atoms with E-state index in [0.717, 1.165) is 45.1 Å². The van der Waals surface area contributed by atoms with Gasteiger partial charge in [0.1, 0.15) is 47.6 Å². The maximum atomic E-state index is 12.3. The minimum absolute atomic E-state index is 0.203. The summed E-state index contributed by atoms with van der Waals surface area (Å²) in [6.45, 7) is 16.8. The smallest absolute Gasteiger partial charge is 0.411 e. The number of halogens is 1. The van der Waals surface area contributed by atoms with Crippen LogP contribution in [0.2, 0.25) is 0 Å². The first-order valence-corrected chi connectivity index (χ1v) is 35.3. The van der Waals surface area contributed by atoms with Gasteiger partial charge in [0.15, 0.2) is 0 Å². The van der Waals surface area contributed by atoms with Gasteiger partial charge in [-0.1, -0.05) is 76.0 Å². The molecule has 29 nitrogen and oxygen atoms in total. The Balaban J connectivity index is 0.000000378. The van der Waals surface area contributed by atoms with Crippen molar-refractivity contribution in [2.75, 3.05) is 78.9 Å². The molecule has 6 aliphatic heterocycles. The average Bonchev–Trinajstić information content (AvgIpc) is 1.67. The Bertz CT molecular complexity index is 3610. The van der Waals surface area contributed by atoms with Crippen molar-refractivity contribution < 1.29 is 90.6 Å². The van der Waals surface area contributed by atoms with E-state index in [9.17, 15) is 52.7 Å². The van der Waals surface area contributed by atoms with Crippen molar-refractivity contribution in [1.29, 1.82) is 7.18 Å². The summed E-state index contributed by atoms with van der Waals surface area (Å²) in [6.07, 6.45) is 7.04. The second kappa shape index (κ2) is 47.7. The van der Waals surface area contributed by atoms with Crippen molar-refractivity contribution in [3.05, 3.63) is 105 Å².